The maximum absolute atomic E-state index is 12.8. The van der Waals surface area contributed by atoms with E-state index in [1.807, 2.05) is 36.4 Å². The molecule has 0 aliphatic carbocycles. The lowest BCUT2D eigenvalue weighted by Crippen LogP contribution is -2.42. The lowest BCUT2D eigenvalue weighted by atomic mass is 10.1. The standard InChI is InChI=1S/C44H54N2O5S/c47-44-45-42-39(50-34-37-23-10-5-11-24-37)27-26-38(43(42)52-44)32-40(51-41-25-13-17-31-49-41)46(33-36-21-8-4-9-22-36)28-14-1-2-15-29-48-30-16-12-20-35-18-6-3-7-19-35/h3-11,18-19,21-24,26-27,40-41H,1-2,12-17,20,25,28-34H2,(H,45,47). The van der Waals surface area contributed by atoms with Crippen molar-refractivity contribution >= 4 is 21.6 Å². The van der Waals surface area contributed by atoms with Gasteiger partial charge >= 0.3 is 4.87 Å². The van der Waals surface area contributed by atoms with E-state index in [9.17, 15) is 4.79 Å². The molecular weight excluding hydrogens is 669 g/mol. The van der Waals surface area contributed by atoms with Gasteiger partial charge in [-0.3, -0.25) is 9.69 Å². The number of ether oxygens (including phenoxy) is 4. The van der Waals surface area contributed by atoms with Crippen LogP contribution in [0.4, 0.5) is 0 Å². The Hall–Kier alpha value is -3.79. The number of aryl methyl sites for hydroxylation is 1. The van der Waals surface area contributed by atoms with Crippen LogP contribution >= 0.6 is 11.3 Å². The first-order valence-corrected chi connectivity index (χ1v) is 20.0. The minimum Gasteiger partial charge on any atom is -0.487 e. The van der Waals surface area contributed by atoms with E-state index in [1.165, 1.54) is 22.5 Å². The molecule has 0 amide bonds. The third-order valence-corrected chi connectivity index (χ3v) is 10.6. The highest BCUT2D eigenvalue weighted by atomic mass is 32.1. The van der Waals surface area contributed by atoms with E-state index in [4.69, 9.17) is 18.9 Å². The van der Waals surface area contributed by atoms with Crippen LogP contribution in [0, 0.1) is 0 Å². The quantitative estimate of drug-likeness (QED) is 0.0567. The molecule has 0 spiro atoms. The number of rotatable bonds is 22. The Morgan fingerprint density at radius 2 is 1.46 bits per heavy atom. The molecule has 4 aromatic carbocycles. The molecule has 1 fully saturated rings. The number of H-pyrrole nitrogens is 1. The highest BCUT2D eigenvalue weighted by Gasteiger charge is 2.27. The van der Waals surface area contributed by atoms with E-state index in [0.717, 1.165) is 118 Å². The average Bonchev–Trinajstić information content (AvgIpc) is 3.59. The first-order valence-electron chi connectivity index (χ1n) is 19.2. The molecule has 52 heavy (non-hydrogen) atoms. The Labute approximate surface area is 312 Å². The molecule has 2 heterocycles. The zero-order chi connectivity index (χ0) is 35.6. The maximum atomic E-state index is 12.8. The Balaban J connectivity index is 1.08. The zero-order valence-electron chi connectivity index (χ0n) is 30.4. The highest BCUT2D eigenvalue weighted by molar-refractivity contribution is 7.16. The number of hydrogen-bond donors (Lipinski definition) is 1. The van der Waals surface area contributed by atoms with Gasteiger partial charge < -0.3 is 23.9 Å². The van der Waals surface area contributed by atoms with Crippen molar-refractivity contribution in [3.63, 3.8) is 0 Å². The van der Waals surface area contributed by atoms with Crippen molar-refractivity contribution < 1.29 is 18.9 Å². The number of nitrogens with one attached hydrogen (secondary N) is 1. The second-order valence-corrected chi connectivity index (χ2v) is 14.7. The Bertz CT molecular complexity index is 1770. The van der Waals surface area contributed by atoms with E-state index >= 15 is 0 Å². The molecule has 1 saturated heterocycles. The van der Waals surface area contributed by atoms with Gasteiger partial charge in [0.1, 0.15) is 24.1 Å². The summed E-state index contributed by atoms with van der Waals surface area (Å²) in [6.07, 6.45) is 11.0. The fourth-order valence-electron chi connectivity index (χ4n) is 6.82. The van der Waals surface area contributed by atoms with Crippen LogP contribution in [0.5, 0.6) is 5.75 Å². The number of thiazole rings is 1. The number of unbranched alkanes of at least 4 members (excludes halogenated alkanes) is 4. The van der Waals surface area contributed by atoms with Gasteiger partial charge in [-0.15, -0.1) is 0 Å². The molecule has 276 valence electrons. The normalized spacial score (nSPS) is 15.3. The fraction of sp³-hybridized carbons (Fsp3) is 0.432. The van der Waals surface area contributed by atoms with Crippen molar-refractivity contribution in [2.24, 2.45) is 0 Å². The molecule has 0 bridgehead atoms. The van der Waals surface area contributed by atoms with Crippen molar-refractivity contribution in [3.8, 4) is 5.75 Å². The monoisotopic (exact) mass is 722 g/mol. The summed E-state index contributed by atoms with van der Waals surface area (Å²) in [5, 5.41) is 0. The molecule has 5 aromatic rings. The molecule has 8 heteroatoms. The van der Waals surface area contributed by atoms with Crippen LogP contribution in [-0.2, 0) is 40.2 Å². The molecule has 0 radical (unpaired) electrons. The van der Waals surface area contributed by atoms with Crippen LogP contribution in [0.25, 0.3) is 10.2 Å². The van der Waals surface area contributed by atoms with Crippen LogP contribution in [0.2, 0.25) is 0 Å². The fourth-order valence-corrected chi connectivity index (χ4v) is 7.69. The van der Waals surface area contributed by atoms with Gasteiger partial charge in [0.05, 0.1) is 4.70 Å². The van der Waals surface area contributed by atoms with Crippen molar-refractivity contribution in [3.05, 3.63) is 135 Å². The molecule has 7 nitrogen and oxygen atoms in total. The summed E-state index contributed by atoms with van der Waals surface area (Å²) in [6, 6.07) is 35.5. The van der Waals surface area contributed by atoms with E-state index < -0.39 is 0 Å². The third-order valence-electron chi connectivity index (χ3n) is 9.67. The highest BCUT2D eigenvalue weighted by Crippen LogP contribution is 2.32. The summed E-state index contributed by atoms with van der Waals surface area (Å²) >= 11 is 1.24. The smallest absolute Gasteiger partial charge is 0.305 e. The summed E-state index contributed by atoms with van der Waals surface area (Å²) in [4.78, 5) is 18.2. The van der Waals surface area contributed by atoms with Gasteiger partial charge in [-0.25, -0.2) is 0 Å². The summed E-state index contributed by atoms with van der Waals surface area (Å²) in [7, 11) is 0. The predicted molar refractivity (Wildman–Crippen MR) is 211 cm³/mol. The van der Waals surface area contributed by atoms with Gasteiger partial charge in [-0.05, 0) is 79.7 Å². The number of benzene rings is 4. The van der Waals surface area contributed by atoms with Crippen LogP contribution < -0.4 is 9.61 Å². The molecule has 1 aliphatic rings. The largest absolute Gasteiger partial charge is 0.487 e. The van der Waals surface area contributed by atoms with Crippen molar-refractivity contribution in [1.82, 2.24) is 9.88 Å². The second-order valence-electron chi connectivity index (χ2n) is 13.7. The van der Waals surface area contributed by atoms with E-state index in [0.29, 0.717) is 18.8 Å². The van der Waals surface area contributed by atoms with Crippen LogP contribution in [-0.4, -0.2) is 48.8 Å². The van der Waals surface area contributed by atoms with Crippen LogP contribution in [0.15, 0.2) is 108 Å². The summed E-state index contributed by atoms with van der Waals surface area (Å²) in [5.74, 6) is 0.686. The number of aromatic amines is 1. The SMILES string of the molecule is O=c1[nH]c2c(OCc3ccccc3)ccc(CC(OC3CCCCO3)N(CCCCCCOCCCCc3ccccc3)Cc3ccccc3)c2s1. The van der Waals surface area contributed by atoms with Gasteiger partial charge in [0.25, 0.3) is 0 Å². The molecule has 2 unspecified atom stereocenters. The lowest BCUT2D eigenvalue weighted by Gasteiger charge is -2.36. The maximum Gasteiger partial charge on any atom is 0.305 e. The first-order chi connectivity index (χ1) is 25.7. The van der Waals surface area contributed by atoms with Crippen molar-refractivity contribution in [2.75, 3.05) is 26.4 Å². The third kappa shape index (κ3) is 12.1. The molecule has 2 atom stereocenters. The van der Waals surface area contributed by atoms with E-state index in [-0.39, 0.29) is 17.4 Å². The van der Waals surface area contributed by atoms with Gasteiger partial charge in [0.2, 0.25) is 0 Å². The summed E-state index contributed by atoms with van der Waals surface area (Å²) in [5.41, 5.74) is 5.56. The van der Waals surface area contributed by atoms with E-state index in [2.05, 4.69) is 76.6 Å². The Morgan fingerprint density at radius 3 is 2.19 bits per heavy atom. The van der Waals surface area contributed by atoms with Crippen LogP contribution in [0.1, 0.15) is 80.0 Å². The van der Waals surface area contributed by atoms with Crippen molar-refractivity contribution in [2.45, 2.75) is 96.3 Å². The summed E-state index contributed by atoms with van der Waals surface area (Å²) < 4.78 is 26.1. The Morgan fingerprint density at radius 1 is 0.769 bits per heavy atom. The van der Waals surface area contributed by atoms with E-state index in [1.54, 1.807) is 0 Å². The van der Waals surface area contributed by atoms with Gasteiger partial charge in [-0.1, -0.05) is 121 Å². The molecule has 0 saturated carbocycles. The number of aromatic nitrogens is 1. The summed E-state index contributed by atoms with van der Waals surface area (Å²) in [6.45, 7) is 4.49. The van der Waals surface area contributed by atoms with Crippen LogP contribution in [0.3, 0.4) is 0 Å². The average molecular weight is 723 g/mol. The minimum atomic E-state index is -0.240. The molecule has 1 aromatic heterocycles. The Kier molecular flexibility index (Phi) is 15.4. The first kappa shape index (κ1) is 38.0. The zero-order valence-corrected chi connectivity index (χ0v) is 31.2. The molecule has 1 aliphatic heterocycles. The molecular formula is C44H54N2O5S. The van der Waals surface area contributed by atoms with Crippen molar-refractivity contribution in [1.29, 1.82) is 0 Å². The number of fused-ring (bicyclic) bond motifs is 1. The topological polar surface area (TPSA) is 73.0 Å². The number of hydrogen-bond acceptors (Lipinski definition) is 7. The van der Waals surface area contributed by atoms with Gasteiger partial charge in [0, 0.05) is 39.3 Å². The molecule has 1 N–H and O–H groups in total. The molecule has 6 rings (SSSR count). The second kappa shape index (κ2) is 21.0. The lowest BCUT2D eigenvalue weighted by molar-refractivity contribution is -0.221. The predicted octanol–water partition coefficient (Wildman–Crippen LogP) is 9.68. The number of nitrogens with zero attached hydrogens (tertiary/aromatic N) is 1. The van der Waals surface area contributed by atoms with Gasteiger partial charge in [-0.2, -0.15) is 0 Å². The van der Waals surface area contributed by atoms with Gasteiger partial charge in [0.15, 0.2) is 6.29 Å². The minimum absolute atomic E-state index is 0.0857.